The van der Waals surface area contributed by atoms with Gasteiger partial charge in [0.1, 0.15) is 6.04 Å². The number of aromatic nitrogens is 4. The van der Waals surface area contributed by atoms with E-state index in [1.54, 1.807) is 0 Å². The zero-order valence-corrected chi connectivity index (χ0v) is 24.8. The minimum Gasteiger partial charge on any atom is -0.480 e. The van der Waals surface area contributed by atoms with Crippen molar-refractivity contribution < 1.29 is 19.5 Å². The summed E-state index contributed by atoms with van der Waals surface area (Å²) in [5, 5.41) is 27.2. The van der Waals surface area contributed by atoms with Crippen LogP contribution in [0.2, 0.25) is 10.0 Å². The molecule has 0 saturated heterocycles. The first kappa shape index (κ1) is 30.7. The summed E-state index contributed by atoms with van der Waals surface area (Å²) in [6.45, 7) is 6.27. The summed E-state index contributed by atoms with van der Waals surface area (Å²) in [6.07, 6.45) is 2.15. The van der Waals surface area contributed by atoms with Crippen LogP contribution in [0.15, 0.2) is 41.6 Å². The molecule has 0 aliphatic heterocycles. The van der Waals surface area contributed by atoms with Gasteiger partial charge in [-0.25, -0.2) is 4.79 Å². The molecule has 10 nitrogen and oxygen atoms in total. The number of thioether (sulfide) groups is 2. The van der Waals surface area contributed by atoms with Crippen LogP contribution in [-0.4, -0.2) is 66.9 Å². The Morgan fingerprint density at radius 3 is 2.46 bits per heavy atom. The molecule has 0 saturated carbocycles. The van der Waals surface area contributed by atoms with Crippen LogP contribution in [0.25, 0.3) is 5.69 Å². The molecule has 0 radical (unpaired) electrons. The lowest BCUT2D eigenvalue weighted by Gasteiger charge is -2.20. The zero-order valence-electron chi connectivity index (χ0n) is 21.7. The molecule has 3 N–H and O–H groups in total. The van der Waals surface area contributed by atoms with E-state index in [0.717, 1.165) is 17.3 Å². The number of hydrogen-bond donors (Lipinski definition) is 3. The minimum atomic E-state index is -1.11. The van der Waals surface area contributed by atoms with Gasteiger partial charge in [0.05, 0.1) is 27.2 Å². The molecule has 0 aliphatic carbocycles. The van der Waals surface area contributed by atoms with E-state index in [9.17, 15) is 19.5 Å². The molecule has 0 aliphatic rings. The molecule has 0 spiro atoms. The number of nitrogens with zero attached hydrogens (tertiary/aromatic N) is 4. The molecule has 2 amide bonds. The summed E-state index contributed by atoms with van der Waals surface area (Å²) in [5.41, 5.74) is 2.06. The number of carbonyl (C=O) groups excluding carboxylic acids is 2. The first-order valence-corrected chi connectivity index (χ1v) is 14.9. The van der Waals surface area contributed by atoms with Crippen molar-refractivity contribution in [3.05, 3.63) is 57.6 Å². The molecule has 0 fully saturated rings. The van der Waals surface area contributed by atoms with Gasteiger partial charge in [-0.15, -0.1) is 5.10 Å². The van der Waals surface area contributed by atoms with Crippen molar-refractivity contribution in [2.24, 2.45) is 0 Å². The molecule has 1 aromatic heterocycles. The van der Waals surface area contributed by atoms with Crippen LogP contribution >= 0.6 is 46.7 Å². The van der Waals surface area contributed by atoms with Crippen LogP contribution in [0.1, 0.15) is 43.1 Å². The van der Waals surface area contributed by atoms with Crippen molar-refractivity contribution in [3.63, 3.8) is 0 Å². The Morgan fingerprint density at radius 1 is 1.10 bits per heavy atom. The van der Waals surface area contributed by atoms with E-state index in [4.69, 9.17) is 23.2 Å². The Balaban J connectivity index is 1.63. The summed E-state index contributed by atoms with van der Waals surface area (Å²) in [7, 11) is 0. The van der Waals surface area contributed by atoms with Crippen molar-refractivity contribution in [2.45, 2.75) is 43.8 Å². The van der Waals surface area contributed by atoms with E-state index >= 15 is 0 Å². The first-order valence-electron chi connectivity index (χ1n) is 11.7. The lowest BCUT2D eigenvalue weighted by molar-refractivity contribution is -0.139. The number of carbonyl (C=O) groups is 3. The summed E-state index contributed by atoms with van der Waals surface area (Å²) in [4.78, 5) is 36.6. The van der Waals surface area contributed by atoms with Crippen molar-refractivity contribution in [2.75, 3.05) is 23.1 Å². The Kier molecular flexibility index (Phi) is 10.6. The standard InChI is InChI=1S/C25H28Cl2N6O4S2/c1-25(2,3)15-6-8-20(17(27)12-15)33-24(30-31-32-33)39-13-21(34)28-18-7-5-14(11-16(18)26)22(35)29-19(23(36)37)9-10-38-4/h5-8,11-12,19H,9-10,13H2,1-4H3,(H,28,34)(H,29,35)(H,36,37). The number of aliphatic carboxylic acids is 1. The van der Waals surface area contributed by atoms with Crippen LogP contribution in [0.3, 0.4) is 0 Å². The van der Waals surface area contributed by atoms with Gasteiger partial charge < -0.3 is 15.7 Å². The fourth-order valence-electron chi connectivity index (χ4n) is 3.37. The van der Waals surface area contributed by atoms with E-state index in [1.807, 2.05) is 24.5 Å². The van der Waals surface area contributed by atoms with Crippen LogP contribution in [0, 0.1) is 0 Å². The number of nitrogens with one attached hydrogen (secondary N) is 2. The maximum absolute atomic E-state index is 12.6. The fraction of sp³-hybridized carbons (Fsp3) is 0.360. The quantitative estimate of drug-likeness (QED) is 0.258. The number of rotatable bonds is 11. The van der Waals surface area contributed by atoms with E-state index < -0.39 is 17.9 Å². The fourth-order valence-corrected chi connectivity index (χ4v) is 5.02. The third kappa shape index (κ3) is 8.34. The van der Waals surface area contributed by atoms with Crippen LogP contribution in [0.5, 0.6) is 0 Å². The second-order valence-corrected chi connectivity index (χ2v) is 12.2. The molecule has 14 heteroatoms. The number of amides is 2. The summed E-state index contributed by atoms with van der Waals surface area (Å²) >= 11 is 15.4. The molecule has 208 valence electrons. The van der Waals surface area contributed by atoms with Gasteiger partial charge in [0, 0.05) is 5.56 Å². The van der Waals surface area contributed by atoms with E-state index in [2.05, 4.69) is 46.9 Å². The highest BCUT2D eigenvalue weighted by Gasteiger charge is 2.21. The monoisotopic (exact) mass is 610 g/mol. The summed E-state index contributed by atoms with van der Waals surface area (Å²) in [5.74, 6) is -1.48. The largest absolute Gasteiger partial charge is 0.480 e. The number of hydrogen-bond acceptors (Lipinski definition) is 8. The molecule has 3 aromatic rings. The van der Waals surface area contributed by atoms with Gasteiger partial charge >= 0.3 is 5.97 Å². The lowest BCUT2D eigenvalue weighted by atomic mass is 9.87. The number of halogens is 2. The molecule has 39 heavy (non-hydrogen) atoms. The van der Waals surface area contributed by atoms with Gasteiger partial charge in [-0.3, -0.25) is 9.59 Å². The van der Waals surface area contributed by atoms with Gasteiger partial charge in [-0.1, -0.05) is 61.8 Å². The normalized spacial score (nSPS) is 12.2. The van der Waals surface area contributed by atoms with Gasteiger partial charge in [-0.2, -0.15) is 16.4 Å². The van der Waals surface area contributed by atoms with Crippen LogP contribution in [-0.2, 0) is 15.0 Å². The highest BCUT2D eigenvalue weighted by Crippen LogP contribution is 2.30. The van der Waals surface area contributed by atoms with Crippen molar-refractivity contribution in [3.8, 4) is 5.69 Å². The SMILES string of the molecule is CSCCC(NC(=O)c1ccc(NC(=O)CSc2nnnn2-c2ccc(C(C)(C)C)cc2Cl)c(Cl)c1)C(=O)O. The molecule has 2 aromatic carbocycles. The van der Waals surface area contributed by atoms with Crippen molar-refractivity contribution in [1.29, 1.82) is 0 Å². The molecule has 0 bridgehead atoms. The Bertz CT molecular complexity index is 1360. The number of benzene rings is 2. The smallest absolute Gasteiger partial charge is 0.326 e. The van der Waals surface area contributed by atoms with Crippen LogP contribution in [0.4, 0.5) is 5.69 Å². The third-order valence-corrected chi connectivity index (χ3v) is 7.71. The number of tetrazole rings is 1. The summed E-state index contributed by atoms with van der Waals surface area (Å²) < 4.78 is 1.47. The molecule has 1 unspecified atom stereocenters. The van der Waals surface area contributed by atoms with Crippen molar-refractivity contribution in [1.82, 2.24) is 25.5 Å². The third-order valence-electron chi connectivity index (χ3n) is 5.53. The van der Waals surface area contributed by atoms with Gasteiger partial charge in [0.2, 0.25) is 11.1 Å². The van der Waals surface area contributed by atoms with Gasteiger partial charge in [0.15, 0.2) is 0 Å². The lowest BCUT2D eigenvalue weighted by Crippen LogP contribution is -2.41. The van der Waals surface area contributed by atoms with E-state index in [0.29, 0.717) is 33.7 Å². The molecular weight excluding hydrogens is 583 g/mol. The highest BCUT2D eigenvalue weighted by atomic mass is 35.5. The molecular formula is C25H28Cl2N6O4S2. The first-order chi connectivity index (χ1) is 18.4. The molecule has 1 heterocycles. The molecule has 1 atom stereocenters. The number of carboxylic acids is 1. The Hall–Kier alpha value is -2.80. The molecule has 3 rings (SSSR count). The van der Waals surface area contributed by atoms with Crippen molar-refractivity contribution >= 4 is 70.2 Å². The Labute approximate surface area is 244 Å². The maximum atomic E-state index is 12.6. The second-order valence-electron chi connectivity index (χ2n) is 9.47. The number of carboxylic acid groups (broad SMARTS) is 1. The second kappa shape index (κ2) is 13.5. The van der Waals surface area contributed by atoms with E-state index in [-0.39, 0.29) is 27.7 Å². The van der Waals surface area contributed by atoms with Crippen LogP contribution < -0.4 is 10.6 Å². The van der Waals surface area contributed by atoms with Gasteiger partial charge in [-0.05, 0) is 70.2 Å². The predicted molar refractivity (Wildman–Crippen MR) is 156 cm³/mol. The zero-order chi connectivity index (χ0) is 28.7. The van der Waals surface area contributed by atoms with E-state index in [1.165, 1.54) is 34.6 Å². The van der Waals surface area contributed by atoms with Gasteiger partial charge in [0.25, 0.3) is 5.91 Å². The average Bonchev–Trinajstić information content (AvgIpc) is 3.33. The maximum Gasteiger partial charge on any atom is 0.326 e. The number of anilines is 1. The Morgan fingerprint density at radius 2 is 1.85 bits per heavy atom. The average molecular weight is 612 g/mol. The summed E-state index contributed by atoms with van der Waals surface area (Å²) in [6, 6.07) is 8.97. The highest BCUT2D eigenvalue weighted by molar-refractivity contribution is 7.99. The minimum absolute atomic E-state index is 0.0215. The topological polar surface area (TPSA) is 139 Å². The predicted octanol–water partition coefficient (Wildman–Crippen LogP) is 4.93.